The molecule has 1 aliphatic rings. The molecule has 1 N–H and O–H groups in total. The summed E-state index contributed by atoms with van der Waals surface area (Å²) in [6, 6.07) is 1.40. The predicted molar refractivity (Wildman–Crippen MR) is 89.2 cm³/mol. The topological polar surface area (TPSA) is 18.5 Å². The van der Waals surface area contributed by atoms with E-state index >= 15 is 0 Å². The van der Waals surface area contributed by atoms with Crippen molar-refractivity contribution in [1.29, 1.82) is 0 Å². The first-order valence-electron chi connectivity index (χ1n) is 8.53. The molecule has 1 rings (SSSR count). The summed E-state index contributed by atoms with van der Waals surface area (Å²) >= 11 is 0. The number of nitrogens with one attached hydrogen (secondary N) is 1. The van der Waals surface area contributed by atoms with Crippen molar-refractivity contribution in [2.24, 2.45) is 11.8 Å². The van der Waals surface area contributed by atoms with E-state index in [4.69, 9.17) is 0 Å². The van der Waals surface area contributed by atoms with Crippen molar-refractivity contribution in [3.05, 3.63) is 0 Å². The molecule has 20 heavy (non-hydrogen) atoms. The molecule has 120 valence electrons. The lowest BCUT2D eigenvalue weighted by Gasteiger charge is -2.43. The average molecular weight is 284 g/mol. The van der Waals surface area contributed by atoms with Crippen LogP contribution in [-0.2, 0) is 0 Å². The molecule has 0 saturated heterocycles. The fraction of sp³-hybridized carbons (Fsp3) is 1.00. The Kier molecular flexibility index (Phi) is 8.08. The zero-order valence-corrected chi connectivity index (χ0v) is 14.7. The van der Waals surface area contributed by atoms with E-state index < -0.39 is 0 Å². The molecule has 0 aromatic carbocycles. The molecule has 3 atom stereocenters. The van der Waals surface area contributed by atoms with Crippen LogP contribution in [0.2, 0.25) is 0 Å². The monoisotopic (exact) mass is 283 g/mol. The third-order valence-electron chi connectivity index (χ3n) is 4.78. The van der Waals surface area contributed by atoms with Crippen molar-refractivity contribution in [3.8, 4) is 0 Å². The quantitative estimate of drug-likeness (QED) is 0.739. The summed E-state index contributed by atoms with van der Waals surface area (Å²) in [5.41, 5.74) is 0. The minimum atomic E-state index is 0.679. The Morgan fingerprint density at radius 2 is 1.85 bits per heavy atom. The van der Waals surface area contributed by atoms with Gasteiger partial charge in [0, 0.05) is 31.7 Å². The molecule has 0 spiro atoms. The summed E-state index contributed by atoms with van der Waals surface area (Å²) in [6.07, 6.45) is 5.47. The second-order valence-electron chi connectivity index (χ2n) is 7.24. The molecule has 1 aliphatic carbocycles. The Labute approximate surface area is 127 Å². The zero-order valence-electron chi connectivity index (χ0n) is 14.7. The molecule has 0 aliphatic heterocycles. The third-order valence-corrected chi connectivity index (χ3v) is 4.78. The highest BCUT2D eigenvalue weighted by atomic mass is 15.2. The first kappa shape index (κ1) is 17.9. The molecule has 0 bridgehead atoms. The Bertz CT molecular complexity index is 253. The lowest BCUT2D eigenvalue weighted by atomic mass is 9.80. The summed E-state index contributed by atoms with van der Waals surface area (Å²) in [6.45, 7) is 10.6. The van der Waals surface area contributed by atoms with E-state index in [0.717, 1.165) is 24.4 Å². The van der Waals surface area contributed by atoms with E-state index in [9.17, 15) is 0 Å². The highest BCUT2D eigenvalue weighted by molar-refractivity contribution is 4.91. The van der Waals surface area contributed by atoms with Crippen LogP contribution in [-0.4, -0.2) is 62.7 Å². The minimum Gasteiger partial charge on any atom is -0.315 e. The Morgan fingerprint density at radius 1 is 1.15 bits per heavy atom. The maximum Gasteiger partial charge on any atom is 0.0252 e. The number of likely N-dealkylation sites (N-methyl/N-ethyl adjacent to an activating group) is 2. The van der Waals surface area contributed by atoms with Gasteiger partial charge in [0.05, 0.1) is 0 Å². The first-order valence-corrected chi connectivity index (χ1v) is 8.53. The highest BCUT2D eigenvalue weighted by Crippen LogP contribution is 2.30. The van der Waals surface area contributed by atoms with Crippen molar-refractivity contribution >= 4 is 0 Å². The standard InChI is InChI=1S/C17H37N3/c1-7-15-8-9-16(18-4)17(12-15)20(13-14(2)3)11-10-19(5)6/h14-18H,7-13H2,1-6H3. The fourth-order valence-electron chi connectivity index (χ4n) is 3.53. The molecular weight excluding hydrogens is 246 g/mol. The first-order chi connectivity index (χ1) is 9.47. The van der Waals surface area contributed by atoms with Crippen LogP contribution in [0.1, 0.15) is 46.5 Å². The summed E-state index contributed by atoms with van der Waals surface area (Å²) in [4.78, 5) is 5.06. The lowest BCUT2D eigenvalue weighted by molar-refractivity contribution is 0.0818. The van der Waals surface area contributed by atoms with Crippen molar-refractivity contribution in [2.45, 2.75) is 58.5 Å². The molecule has 0 amide bonds. The number of rotatable bonds is 8. The van der Waals surface area contributed by atoms with Gasteiger partial charge in [-0.3, -0.25) is 4.90 Å². The summed E-state index contributed by atoms with van der Waals surface area (Å²) in [7, 11) is 6.50. The van der Waals surface area contributed by atoms with Crippen LogP contribution in [0.15, 0.2) is 0 Å². The molecule has 3 nitrogen and oxygen atoms in total. The van der Waals surface area contributed by atoms with Gasteiger partial charge in [0.15, 0.2) is 0 Å². The Balaban J connectivity index is 2.71. The van der Waals surface area contributed by atoms with E-state index in [2.05, 4.69) is 57.0 Å². The second-order valence-corrected chi connectivity index (χ2v) is 7.24. The van der Waals surface area contributed by atoms with Crippen LogP contribution in [0.5, 0.6) is 0 Å². The van der Waals surface area contributed by atoms with E-state index in [0.29, 0.717) is 6.04 Å². The normalized spacial score (nSPS) is 27.8. The number of nitrogens with zero attached hydrogens (tertiary/aromatic N) is 2. The van der Waals surface area contributed by atoms with Gasteiger partial charge in [0.2, 0.25) is 0 Å². The van der Waals surface area contributed by atoms with Gasteiger partial charge in [-0.15, -0.1) is 0 Å². The lowest BCUT2D eigenvalue weighted by Crippen LogP contribution is -2.54. The second kappa shape index (κ2) is 9.01. The van der Waals surface area contributed by atoms with Gasteiger partial charge < -0.3 is 10.2 Å². The molecule has 1 fully saturated rings. The molecule has 3 heteroatoms. The molecule has 1 saturated carbocycles. The summed E-state index contributed by atoms with van der Waals surface area (Å²) < 4.78 is 0. The minimum absolute atomic E-state index is 0.679. The van der Waals surface area contributed by atoms with Gasteiger partial charge in [0.25, 0.3) is 0 Å². The smallest absolute Gasteiger partial charge is 0.0252 e. The van der Waals surface area contributed by atoms with Crippen LogP contribution < -0.4 is 5.32 Å². The molecule has 0 radical (unpaired) electrons. The maximum atomic E-state index is 3.58. The van der Waals surface area contributed by atoms with Gasteiger partial charge in [-0.05, 0) is 52.2 Å². The summed E-state index contributed by atoms with van der Waals surface area (Å²) in [5, 5.41) is 3.58. The van der Waals surface area contributed by atoms with Crippen molar-refractivity contribution in [3.63, 3.8) is 0 Å². The van der Waals surface area contributed by atoms with Crippen molar-refractivity contribution in [1.82, 2.24) is 15.1 Å². The van der Waals surface area contributed by atoms with Crippen LogP contribution in [0.3, 0.4) is 0 Å². The third kappa shape index (κ3) is 5.71. The zero-order chi connectivity index (χ0) is 15.1. The number of hydrogen-bond donors (Lipinski definition) is 1. The molecular formula is C17H37N3. The van der Waals surface area contributed by atoms with E-state index in [1.807, 2.05) is 0 Å². The summed E-state index contributed by atoms with van der Waals surface area (Å²) in [5.74, 6) is 1.68. The van der Waals surface area contributed by atoms with Gasteiger partial charge in [-0.1, -0.05) is 27.2 Å². The highest BCUT2D eigenvalue weighted by Gasteiger charge is 2.33. The van der Waals surface area contributed by atoms with Crippen LogP contribution in [0, 0.1) is 11.8 Å². The van der Waals surface area contributed by atoms with Crippen LogP contribution in [0.4, 0.5) is 0 Å². The maximum absolute atomic E-state index is 3.58. The van der Waals surface area contributed by atoms with E-state index in [-0.39, 0.29) is 0 Å². The number of hydrogen-bond acceptors (Lipinski definition) is 3. The molecule has 0 aromatic heterocycles. The molecule has 0 aromatic rings. The van der Waals surface area contributed by atoms with Gasteiger partial charge >= 0.3 is 0 Å². The molecule has 0 heterocycles. The van der Waals surface area contributed by atoms with E-state index in [1.54, 1.807) is 0 Å². The molecule has 3 unspecified atom stereocenters. The Hall–Kier alpha value is -0.120. The van der Waals surface area contributed by atoms with Crippen LogP contribution >= 0.6 is 0 Å². The van der Waals surface area contributed by atoms with Crippen LogP contribution in [0.25, 0.3) is 0 Å². The predicted octanol–water partition coefficient (Wildman–Crippen LogP) is 2.67. The van der Waals surface area contributed by atoms with Gasteiger partial charge in [-0.2, -0.15) is 0 Å². The van der Waals surface area contributed by atoms with E-state index in [1.165, 1.54) is 38.8 Å². The van der Waals surface area contributed by atoms with Crippen molar-refractivity contribution < 1.29 is 0 Å². The van der Waals surface area contributed by atoms with Crippen molar-refractivity contribution in [2.75, 3.05) is 40.8 Å². The SMILES string of the molecule is CCC1CCC(NC)C(N(CCN(C)C)CC(C)C)C1. The van der Waals surface area contributed by atoms with Gasteiger partial charge in [0.1, 0.15) is 0 Å². The largest absolute Gasteiger partial charge is 0.315 e. The fourth-order valence-corrected chi connectivity index (χ4v) is 3.53. The van der Waals surface area contributed by atoms with Gasteiger partial charge in [-0.25, -0.2) is 0 Å². The average Bonchev–Trinajstić information content (AvgIpc) is 2.42. The Morgan fingerprint density at radius 3 is 2.35 bits per heavy atom.